The summed E-state index contributed by atoms with van der Waals surface area (Å²) in [5.74, 6) is -0.511. The summed E-state index contributed by atoms with van der Waals surface area (Å²) in [7, 11) is 3.91. The Morgan fingerprint density at radius 3 is 2.68 bits per heavy atom. The second-order valence-electron chi connectivity index (χ2n) is 7.46. The van der Waals surface area contributed by atoms with Gasteiger partial charge in [0.2, 0.25) is 0 Å². The average molecular weight is 395 g/mol. The van der Waals surface area contributed by atoms with Crippen LogP contribution in [-0.4, -0.2) is 88.2 Å². The molecule has 0 aromatic heterocycles. The van der Waals surface area contributed by atoms with Crippen LogP contribution in [0, 0.1) is 0 Å². The van der Waals surface area contributed by atoms with Crippen molar-refractivity contribution in [3.05, 3.63) is 23.8 Å². The minimum absolute atomic E-state index is 0.0651. The number of esters is 1. The van der Waals surface area contributed by atoms with Crippen LogP contribution in [0.25, 0.3) is 0 Å². The summed E-state index contributed by atoms with van der Waals surface area (Å²) >= 11 is 0. The van der Waals surface area contributed by atoms with Gasteiger partial charge in [-0.05, 0) is 19.1 Å². The number of amides is 2. The van der Waals surface area contributed by atoms with Gasteiger partial charge in [-0.15, -0.1) is 0 Å². The SMILES string of the molecule is CC(O)COC(=O)c1ccc(N)c([N+](C)(C)CCNC(=O)N2CCOCC2)c1. The van der Waals surface area contributed by atoms with Gasteiger partial charge in [-0.25, -0.2) is 9.59 Å². The highest BCUT2D eigenvalue weighted by Gasteiger charge is 2.25. The molecule has 2 amide bonds. The van der Waals surface area contributed by atoms with Crippen LogP contribution in [0.15, 0.2) is 18.2 Å². The molecule has 9 nitrogen and oxygen atoms in total. The van der Waals surface area contributed by atoms with Crippen molar-refractivity contribution in [3.63, 3.8) is 0 Å². The Morgan fingerprint density at radius 1 is 1.36 bits per heavy atom. The molecule has 0 radical (unpaired) electrons. The third-order valence-electron chi connectivity index (χ3n) is 4.62. The molecule has 1 atom stereocenters. The zero-order chi connectivity index (χ0) is 20.7. The van der Waals surface area contributed by atoms with Crippen LogP contribution in [0.3, 0.4) is 0 Å². The van der Waals surface area contributed by atoms with Crippen molar-refractivity contribution in [3.8, 4) is 0 Å². The smallest absolute Gasteiger partial charge is 0.338 e. The summed E-state index contributed by atoms with van der Waals surface area (Å²) in [6, 6.07) is 4.86. The van der Waals surface area contributed by atoms with E-state index in [-0.39, 0.29) is 12.6 Å². The van der Waals surface area contributed by atoms with Gasteiger partial charge < -0.3 is 30.5 Å². The van der Waals surface area contributed by atoms with E-state index in [1.807, 2.05) is 14.1 Å². The monoisotopic (exact) mass is 395 g/mol. The van der Waals surface area contributed by atoms with Crippen LogP contribution >= 0.6 is 0 Å². The van der Waals surface area contributed by atoms with Crippen LogP contribution in [0.5, 0.6) is 0 Å². The highest BCUT2D eigenvalue weighted by atomic mass is 16.5. The van der Waals surface area contributed by atoms with E-state index >= 15 is 0 Å². The molecule has 1 heterocycles. The van der Waals surface area contributed by atoms with Gasteiger partial charge in [-0.1, -0.05) is 0 Å². The summed E-state index contributed by atoms with van der Waals surface area (Å²) in [5.41, 5.74) is 7.81. The summed E-state index contributed by atoms with van der Waals surface area (Å²) in [5, 5.41) is 12.2. The number of hydrogen-bond donors (Lipinski definition) is 3. The van der Waals surface area contributed by atoms with E-state index in [1.165, 1.54) is 0 Å². The fraction of sp³-hybridized carbons (Fsp3) is 0.579. The van der Waals surface area contributed by atoms with E-state index in [4.69, 9.17) is 15.2 Å². The maximum absolute atomic E-state index is 12.2. The number of aliphatic hydroxyl groups excluding tert-OH is 1. The number of nitrogens with one attached hydrogen (secondary N) is 1. The summed E-state index contributed by atoms with van der Waals surface area (Å²) in [4.78, 5) is 26.1. The van der Waals surface area contributed by atoms with Crippen LogP contribution in [0.2, 0.25) is 0 Å². The molecule has 2 rings (SSSR count). The Balaban J connectivity index is 1.98. The molecular formula is C19H31N4O5+. The number of rotatable bonds is 7. The number of anilines is 1. The first-order chi connectivity index (χ1) is 13.2. The fourth-order valence-corrected chi connectivity index (χ4v) is 2.92. The second-order valence-corrected chi connectivity index (χ2v) is 7.46. The Morgan fingerprint density at radius 2 is 2.04 bits per heavy atom. The van der Waals surface area contributed by atoms with E-state index < -0.39 is 12.1 Å². The number of urea groups is 1. The molecule has 1 aromatic rings. The van der Waals surface area contributed by atoms with E-state index in [2.05, 4.69) is 5.32 Å². The van der Waals surface area contributed by atoms with E-state index in [0.29, 0.717) is 55.1 Å². The maximum Gasteiger partial charge on any atom is 0.338 e. The molecule has 9 heteroatoms. The lowest BCUT2D eigenvalue weighted by atomic mass is 10.1. The predicted octanol–water partition coefficient (Wildman–Crippen LogP) is 0.415. The molecule has 0 saturated carbocycles. The molecule has 0 bridgehead atoms. The third kappa shape index (κ3) is 6.08. The Kier molecular flexibility index (Phi) is 7.61. The Hall–Kier alpha value is -2.36. The van der Waals surface area contributed by atoms with E-state index in [0.717, 1.165) is 5.69 Å². The quantitative estimate of drug-likeness (QED) is 0.350. The van der Waals surface area contributed by atoms with Crippen LogP contribution < -0.4 is 15.5 Å². The van der Waals surface area contributed by atoms with Gasteiger partial charge in [-0.3, -0.25) is 4.48 Å². The number of aliphatic hydroxyl groups is 1. The number of nitrogens with two attached hydrogens (primary N) is 1. The fourth-order valence-electron chi connectivity index (χ4n) is 2.92. The first-order valence-electron chi connectivity index (χ1n) is 9.39. The minimum Gasteiger partial charge on any atom is -0.459 e. The van der Waals surface area contributed by atoms with Gasteiger partial charge in [0.05, 0.1) is 51.2 Å². The molecule has 1 aromatic carbocycles. The van der Waals surface area contributed by atoms with Crippen molar-refractivity contribution in [2.24, 2.45) is 0 Å². The topological polar surface area (TPSA) is 114 Å². The van der Waals surface area contributed by atoms with Crippen LogP contribution in [0.1, 0.15) is 17.3 Å². The van der Waals surface area contributed by atoms with Crippen molar-refractivity contribution >= 4 is 23.4 Å². The standard InChI is InChI=1S/C19H30N4O5/c1-14(24)13-28-18(25)15-4-5-16(20)17(12-15)23(2,3)9-6-21-19(26)22-7-10-27-11-8-22/h4-5,12,14,24H,6-11,13H2,1-3H3,(H2-,20,21,25,26)/p+1. The van der Waals surface area contributed by atoms with Crippen molar-refractivity contribution in [2.45, 2.75) is 13.0 Å². The van der Waals surface area contributed by atoms with Gasteiger partial charge >= 0.3 is 12.0 Å². The number of carbonyl (C=O) groups excluding carboxylic acids is 2. The number of hydrogen-bond acceptors (Lipinski definition) is 6. The summed E-state index contributed by atoms with van der Waals surface area (Å²) in [6.07, 6.45) is -0.723. The molecule has 156 valence electrons. The number of morpholine rings is 1. The Bertz CT molecular complexity index is 687. The molecule has 1 fully saturated rings. The normalized spacial score (nSPS) is 15.8. The number of ether oxygens (including phenoxy) is 2. The number of likely N-dealkylation sites (N-methyl/N-ethyl adjacent to an activating group) is 1. The first kappa shape index (κ1) is 21.9. The van der Waals surface area contributed by atoms with Crippen molar-refractivity contribution in [1.29, 1.82) is 0 Å². The minimum atomic E-state index is -0.723. The molecule has 0 spiro atoms. The Labute approximate surface area is 165 Å². The zero-order valence-electron chi connectivity index (χ0n) is 16.8. The second kappa shape index (κ2) is 9.72. The number of benzene rings is 1. The zero-order valence-corrected chi connectivity index (χ0v) is 16.8. The van der Waals surface area contributed by atoms with Gasteiger partial charge in [0.25, 0.3) is 0 Å². The first-order valence-corrected chi connectivity index (χ1v) is 9.39. The van der Waals surface area contributed by atoms with Crippen LogP contribution in [-0.2, 0) is 9.47 Å². The molecule has 1 aliphatic rings. The lowest BCUT2D eigenvalue weighted by Gasteiger charge is -2.31. The van der Waals surface area contributed by atoms with E-state index in [1.54, 1.807) is 30.0 Å². The molecule has 1 saturated heterocycles. The average Bonchev–Trinajstić information content (AvgIpc) is 2.66. The lowest BCUT2D eigenvalue weighted by molar-refractivity contribution is 0.0296. The van der Waals surface area contributed by atoms with Crippen molar-refractivity contribution in [2.75, 3.05) is 65.8 Å². The third-order valence-corrected chi connectivity index (χ3v) is 4.62. The molecular weight excluding hydrogens is 364 g/mol. The highest BCUT2D eigenvalue weighted by Crippen LogP contribution is 2.28. The van der Waals surface area contributed by atoms with Gasteiger partial charge in [-0.2, -0.15) is 0 Å². The number of carbonyl (C=O) groups is 2. The molecule has 1 unspecified atom stereocenters. The summed E-state index contributed by atoms with van der Waals surface area (Å²) < 4.78 is 10.7. The predicted molar refractivity (Wildman–Crippen MR) is 107 cm³/mol. The highest BCUT2D eigenvalue weighted by molar-refractivity contribution is 5.91. The van der Waals surface area contributed by atoms with Gasteiger partial charge in [0, 0.05) is 19.2 Å². The number of quaternary nitrogens is 1. The van der Waals surface area contributed by atoms with Crippen molar-refractivity contribution < 1.29 is 24.2 Å². The van der Waals surface area contributed by atoms with Gasteiger partial charge in [0.15, 0.2) is 5.69 Å². The largest absolute Gasteiger partial charge is 0.459 e. The molecule has 4 N–H and O–H groups in total. The lowest BCUT2D eigenvalue weighted by Crippen LogP contribution is -2.51. The van der Waals surface area contributed by atoms with Crippen LogP contribution in [0.4, 0.5) is 16.2 Å². The maximum atomic E-state index is 12.2. The molecule has 1 aliphatic heterocycles. The summed E-state index contributed by atoms with van der Waals surface area (Å²) in [6.45, 7) is 4.83. The van der Waals surface area contributed by atoms with E-state index in [9.17, 15) is 14.7 Å². The number of nitrogens with zero attached hydrogens (tertiary/aromatic N) is 2. The molecule has 28 heavy (non-hydrogen) atoms. The van der Waals surface area contributed by atoms with Gasteiger partial charge in [0.1, 0.15) is 13.2 Å². The number of nitrogen functional groups attached to an aromatic ring is 1. The van der Waals surface area contributed by atoms with Crippen molar-refractivity contribution in [1.82, 2.24) is 14.7 Å². The molecule has 0 aliphatic carbocycles.